The second-order valence-corrected chi connectivity index (χ2v) is 3.27. The molecular formula is C7H4N4S. The average molecular weight is 176 g/mol. The van der Waals surface area contributed by atoms with E-state index in [2.05, 4.69) is 19.6 Å². The van der Waals surface area contributed by atoms with Gasteiger partial charge in [0.25, 0.3) is 0 Å². The highest BCUT2D eigenvalue weighted by Gasteiger charge is 2.04. The van der Waals surface area contributed by atoms with E-state index in [-0.39, 0.29) is 0 Å². The Morgan fingerprint density at radius 3 is 3.25 bits per heavy atom. The Balaban J connectivity index is 2.71. The topological polar surface area (TPSA) is 54.5 Å². The maximum atomic E-state index is 4.17. The zero-order valence-electron chi connectivity index (χ0n) is 5.98. The molecule has 2 aromatic heterocycles. The number of nitrogens with one attached hydrogen (secondary N) is 1. The molecule has 0 aliphatic heterocycles. The van der Waals surface area contributed by atoms with E-state index in [0.29, 0.717) is 0 Å². The molecule has 58 valence electrons. The van der Waals surface area contributed by atoms with Gasteiger partial charge in [-0.05, 0) is 23.7 Å². The van der Waals surface area contributed by atoms with Crippen molar-refractivity contribution < 1.29 is 0 Å². The molecule has 1 N–H and O–H groups in total. The summed E-state index contributed by atoms with van der Waals surface area (Å²) < 4.78 is 4.95. The zero-order valence-corrected chi connectivity index (χ0v) is 6.80. The predicted octanol–water partition coefficient (Wildman–Crippen LogP) is 1.57. The van der Waals surface area contributed by atoms with Crippen molar-refractivity contribution in [1.82, 2.24) is 19.6 Å². The van der Waals surface area contributed by atoms with Crippen LogP contribution in [0.3, 0.4) is 0 Å². The normalized spacial score (nSPS) is 11.3. The highest BCUT2D eigenvalue weighted by molar-refractivity contribution is 7.13. The summed E-state index contributed by atoms with van der Waals surface area (Å²) in [4.78, 5) is 7.19. The first-order chi connectivity index (χ1) is 5.95. The Kier molecular flexibility index (Phi) is 1.02. The van der Waals surface area contributed by atoms with Crippen LogP contribution in [-0.2, 0) is 0 Å². The molecule has 4 nitrogen and oxygen atoms in total. The maximum Gasteiger partial charge on any atom is 0.133 e. The largest absolute Gasteiger partial charge is 0.345 e. The van der Waals surface area contributed by atoms with Crippen LogP contribution >= 0.6 is 11.5 Å². The van der Waals surface area contributed by atoms with Crippen LogP contribution in [-0.4, -0.2) is 19.6 Å². The summed E-state index contributed by atoms with van der Waals surface area (Å²) in [5, 5.41) is 4.01. The Bertz CT molecular complexity index is 489. The quantitative estimate of drug-likeness (QED) is 0.565. The van der Waals surface area contributed by atoms with E-state index in [1.807, 2.05) is 12.1 Å². The molecule has 0 fully saturated rings. The van der Waals surface area contributed by atoms with E-state index < -0.39 is 0 Å². The van der Waals surface area contributed by atoms with Crippen molar-refractivity contribution in [2.24, 2.45) is 0 Å². The Morgan fingerprint density at radius 2 is 2.25 bits per heavy atom. The molecule has 2 heterocycles. The maximum absolute atomic E-state index is 4.17. The van der Waals surface area contributed by atoms with Crippen LogP contribution < -0.4 is 0 Å². The van der Waals surface area contributed by atoms with Crippen molar-refractivity contribution in [2.75, 3.05) is 0 Å². The minimum Gasteiger partial charge on any atom is -0.345 e. The minimum atomic E-state index is 0.888. The van der Waals surface area contributed by atoms with Gasteiger partial charge in [0.2, 0.25) is 0 Å². The van der Waals surface area contributed by atoms with Crippen molar-refractivity contribution in [3.63, 3.8) is 0 Å². The first-order valence-corrected chi connectivity index (χ1v) is 4.26. The first-order valence-electron chi connectivity index (χ1n) is 3.49. The fourth-order valence-corrected chi connectivity index (χ4v) is 1.81. The average Bonchev–Trinajstić information content (AvgIpc) is 2.71. The summed E-state index contributed by atoms with van der Waals surface area (Å²) in [7, 11) is 0. The smallest absolute Gasteiger partial charge is 0.133 e. The Morgan fingerprint density at radius 1 is 1.25 bits per heavy atom. The number of fused-ring (bicyclic) bond motifs is 3. The molecule has 0 unspecified atom stereocenters. The standard InChI is InChI=1S/C7H4N4S/c1-2-5-7(10-11-12-5)6-4(1)8-3-9-6/h1-3H,(H,8,9). The molecule has 0 aliphatic carbocycles. The second-order valence-electron chi connectivity index (χ2n) is 2.48. The summed E-state index contributed by atoms with van der Waals surface area (Å²) in [6.07, 6.45) is 1.67. The van der Waals surface area contributed by atoms with Crippen LogP contribution in [0.25, 0.3) is 21.3 Å². The van der Waals surface area contributed by atoms with E-state index >= 15 is 0 Å². The number of nitrogens with zero attached hydrogens (tertiary/aromatic N) is 3. The zero-order chi connectivity index (χ0) is 7.97. The molecule has 12 heavy (non-hydrogen) atoms. The van der Waals surface area contributed by atoms with E-state index in [0.717, 1.165) is 21.3 Å². The number of hydrogen-bond donors (Lipinski definition) is 1. The van der Waals surface area contributed by atoms with Crippen molar-refractivity contribution in [3.8, 4) is 0 Å². The number of rotatable bonds is 0. The first kappa shape index (κ1) is 6.07. The number of aromatic nitrogens is 4. The van der Waals surface area contributed by atoms with E-state index in [1.165, 1.54) is 11.5 Å². The SMILES string of the molecule is c1nc2c(ccc3snnc32)[nH]1. The van der Waals surface area contributed by atoms with Gasteiger partial charge >= 0.3 is 0 Å². The molecule has 1 aromatic carbocycles. The van der Waals surface area contributed by atoms with Crippen molar-refractivity contribution in [1.29, 1.82) is 0 Å². The van der Waals surface area contributed by atoms with Crippen LogP contribution in [0.4, 0.5) is 0 Å². The number of benzene rings is 1. The van der Waals surface area contributed by atoms with Crippen molar-refractivity contribution in [2.45, 2.75) is 0 Å². The van der Waals surface area contributed by atoms with Gasteiger partial charge in [0.05, 0.1) is 16.5 Å². The van der Waals surface area contributed by atoms with Gasteiger partial charge in [-0.3, -0.25) is 0 Å². The van der Waals surface area contributed by atoms with Gasteiger partial charge in [-0.2, -0.15) is 0 Å². The lowest BCUT2D eigenvalue weighted by Gasteiger charge is -1.86. The molecule has 0 amide bonds. The summed E-state index contributed by atoms with van der Waals surface area (Å²) >= 11 is 1.39. The molecule has 5 heteroatoms. The minimum absolute atomic E-state index is 0.888. The van der Waals surface area contributed by atoms with E-state index in [1.54, 1.807) is 6.33 Å². The number of H-pyrrole nitrogens is 1. The number of imidazole rings is 1. The van der Waals surface area contributed by atoms with Crippen molar-refractivity contribution in [3.05, 3.63) is 18.5 Å². The highest BCUT2D eigenvalue weighted by Crippen LogP contribution is 2.22. The van der Waals surface area contributed by atoms with Gasteiger partial charge < -0.3 is 4.98 Å². The molecule has 0 spiro atoms. The van der Waals surface area contributed by atoms with Crippen molar-refractivity contribution >= 4 is 32.8 Å². The second kappa shape index (κ2) is 2.01. The summed E-state index contributed by atoms with van der Waals surface area (Å²) in [6.45, 7) is 0. The van der Waals surface area contributed by atoms with Crippen LogP contribution in [0.1, 0.15) is 0 Å². The predicted molar refractivity (Wildman–Crippen MR) is 47.1 cm³/mol. The van der Waals surface area contributed by atoms with Gasteiger partial charge in [-0.1, -0.05) is 4.49 Å². The van der Waals surface area contributed by atoms with E-state index in [4.69, 9.17) is 0 Å². The van der Waals surface area contributed by atoms with Crippen LogP contribution in [0.5, 0.6) is 0 Å². The van der Waals surface area contributed by atoms with Crippen LogP contribution in [0.2, 0.25) is 0 Å². The fourth-order valence-electron chi connectivity index (χ4n) is 1.25. The summed E-state index contributed by atoms with van der Waals surface area (Å²) in [6, 6.07) is 3.99. The molecule has 0 radical (unpaired) electrons. The highest BCUT2D eigenvalue weighted by atomic mass is 32.1. The molecular weight excluding hydrogens is 172 g/mol. The molecule has 3 aromatic rings. The van der Waals surface area contributed by atoms with Crippen LogP contribution in [0, 0.1) is 0 Å². The number of aromatic amines is 1. The molecule has 0 aliphatic rings. The molecule has 0 bridgehead atoms. The molecule has 0 saturated carbocycles. The van der Waals surface area contributed by atoms with Gasteiger partial charge in [0.1, 0.15) is 11.0 Å². The molecule has 0 saturated heterocycles. The number of hydrogen-bond acceptors (Lipinski definition) is 4. The van der Waals surface area contributed by atoms with Gasteiger partial charge in [0.15, 0.2) is 0 Å². The Labute approximate surface area is 71.4 Å². The van der Waals surface area contributed by atoms with Crippen LogP contribution in [0.15, 0.2) is 18.5 Å². The monoisotopic (exact) mass is 176 g/mol. The van der Waals surface area contributed by atoms with Gasteiger partial charge in [-0.25, -0.2) is 4.98 Å². The summed E-state index contributed by atoms with van der Waals surface area (Å²) in [5.41, 5.74) is 2.80. The fraction of sp³-hybridized carbons (Fsp3) is 0. The lowest BCUT2D eigenvalue weighted by Crippen LogP contribution is -1.72. The third-order valence-electron chi connectivity index (χ3n) is 1.81. The third-order valence-corrected chi connectivity index (χ3v) is 2.50. The molecule has 3 rings (SSSR count). The third kappa shape index (κ3) is 0.634. The Hall–Kier alpha value is -1.49. The lowest BCUT2D eigenvalue weighted by atomic mass is 10.3. The summed E-state index contributed by atoms with van der Waals surface area (Å²) in [5.74, 6) is 0. The van der Waals surface area contributed by atoms with Gasteiger partial charge in [0, 0.05) is 0 Å². The van der Waals surface area contributed by atoms with Gasteiger partial charge in [-0.15, -0.1) is 5.10 Å². The lowest BCUT2D eigenvalue weighted by molar-refractivity contribution is 1.20. The molecule has 0 atom stereocenters. The van der Waals surface area contributed by atoms with E-state index in [9.17, 15) is 0 Å².